The second-order valence-corrected chi connectivity index (χ2v) is 6.83. The lowest BCUT2D eigenvalue weighted by atomic mass is 9.91. The fourth-order valence-electron chi connectivity index (χ4n) is 3.74. The van der Waals surface area contributed by atoms with Gasteiger partial charge in [0.15, 0.2) is 0 Å². The molecule has 1 atom stereocenters. The molecule has 1 heterocycles. The number of rotatable bonds is 7. The molecule has 144 valence electrons. The van der Waals surface area contributed by atoms with E-state index in [9.17, 15) is 9.90 Å². The molecular weight excluding hydrogens is 342 g/mol. The summed E-state index contributed by atoms with van der Waals surface area (Å²) in [5, 5.41) is 9.30. The van der Waals surface area contributed by atoms with E-state index in [1.165, 1.54) is 5.56 Å². The molecular formula is C22H27NO4. The second-order valence-electron chi connectivity index (χ2n) is 6.83. The van der Waals surface area contributed by atoms with Crippen molar-refractivity contribution in [2.24, 2.45) is 5.92 Å². The first-order valence-electron chi connectivity index (χ1n) is 9.46. The fourth-order valence-corrected chi connectivity index (χ4v) is 3.74. The summed E-state index contributed by atoms with van der Waals surface area (Å²) in [6, 6.07) is 16.3. The van der Waals surface area contributed by atoms with Gasteiger partial charge in [0.1, 0.15) is 11.5 Å². The molecule has 1 fully saturated rings. The Labute approximate surface area is 160 Å². The van der Waals surface area contributed by atoms with Gasteiger partial charge in [-0.05, 0) is 68.2 Å². The molecule has 1 aliphatic rings. The molecule has 0 spiro atoms. The lowest BCUT2D eigenvalue weighted by molar-refractivity contribution is -0.143. The van der Waals surface area contributed by atoms with Crippen LogP contribution in [0, 0.1) is 5.92 Å². The van der Waals surface area contributed by atoms with Crippen LogP contribution >= 0.6 is 0 Å². The molecule has 27 heavy (non-hydrogen) atoms. The third-order valence-electron chi connectivity index (χ3n) is 5.16. The number of likely N-dealkylation sites (tertiary alicyclic amines) is 1. The minimum atomic E-state index is -0.686. The highest BCUT2D eigenvalue weighted by atomic mass is 16.5. The normalized spacial score (nSPS) is 16.7. The van der Waals surface area contributed by atoms with Crippen molar-refractivity contribution < 1.29 is 19.4 Å². The Morgan fingerprint density at radius 1 is 1.11 bits per heavy atom. The number of hydrogen-bond acceptors (Lipinski definition) is 4. The molecule has 0 aliphatic carbocycles. The van der Waals surface area contributed by atoms with E-state index in [1.807, 2.05) is 31.2 Å². The number of methoxy groups -OCH3 is 1. The molecule has 0 aromatic heterocycles. The Morgan fingerprint density at radius 3 is 2.41 bits per heavy atom. The summed E-state index contributed by atoms with van der Waals surface area (Å²) >= 11 is 0. The zero-order chi connectivity index (χ0) is 19.2. The van der Waals surface area contributed by atoms with Crippen molar-refractivity contribution in [2.75, 3.05) is 26.8 Å². The second kappa shape index (κ2) is 8.91. The molecule has 5 nitrogen and oxygen atoms in total. The summed E-state index contributed by atoms with van der Waals surface area (Å²) in [5.74, 6) is 0.750. The smallest absolute Gasteiger partial charge is 0.306 e. The van der Waals surface area contributed by atoms with Crippen LogP contribution in [0.2, 0.25) is 0 Å². The number of hydrogen-bond donors (Lipinski definition) is 1. The zero-order valence-corrected chi connectivity index (χ0v) is 15.9. The van der Waals surface area contributed by atoms with Crippen molar-refractivity contribution >= 4 is 5.97 Å². The highest BCUT2D eigenvalue weighted by molar-refractivity contribution is 5.70. The Balaban J connectivity index is 1.90. The van der Waals surface area contributed by atoms with Crippen LogP contribution in [0.1, 0.15) is 36.9 Å². The maximum Gasteiger partial charge on any atom is 0.306 e. The molecule has 0 bridgehead atoms. The molecule has 0 amide bonds. The van der Waals surface area contributed by atoms with Crippen LogP contribution < -0.4 is 9.47 Å². The molecule has 0 saturated carbocycles. The van der Waals surface area contributed by atoms with Gasteiger partial charge in [0.05, 0.1) is 25.7 Å². The lowest BCUT2D eigenvalue weighted by Gasteiger charge is -2.37. The molecule has 1 saturated heterocycles. The molecule has 5 heteroatoms. The van der Waals surface area contributed by atoms with Crippen LogP contribution in [0.4, 0.5) is 0 Å². The van der Waals surface area contributed by atoms with Crippen molar-refractivity contribution in [3.8, 4) is 11.5 Å². The van der Waals surface area contributed by atoms with Gasteiger partial charge in [-0.3, -0.25) is 9.69 Å². The first kappa shape index (κ1) is 19.2. The van der Waals surface area contributed by atoms with E-state index in [-0.39, 0.29) is 12.0 Å². The van der Waals surface area contributed by atoms with Crippen LogP contribution in [0.15, 0.2) is 48.5 Å². The van der Waals surface area contributed by atoms with Gasteiger partial charge in [-0.25, -0.2) is 0 Å². The van der Waals surface area contributed by atoms with Gasteiger partial charge in [-0.2, -0.15) is 0 Å². The predicted octanol–water partition coefficient (Wildman–Crippen LogP) is 3.98. The topological polar surface area (TPSA) is 59.0 Å². The summed E-state index contributed by atoms with van der Waals surface area (Å²) in [6.07, 6.45) is 1.35. The molecule has 1 N–H and O–H groups in total. The van der Waals surface area contributed by atoms with Crippen molar-refractivity contribution in [2.45, 2.75) is 25.8 Å². The van der Waals surface area contributed by atoms with Crippen molar-refractivity contribution in [3.63, 3.8) is 0 Å². The molecule has 0 radical (unpaired) electrons. The SMILES string of the molecule is CCOc1ccc(C(c2cccc(OC)c2)N2CCC(C(=O)O)CC2)cc1. The highest BCUT2D eigenvalue weighted by Gasteiger charge is 2.30. The summed E-state index contributed by atoms with van der Waals surface area (Å²) in [6.45, 7) is 4.12. The van der Waals surface area contributed by atoms with Gasteiger partial charge in [0, 0.05) is 0 Å². The Bertz CT molecular complexity index is 751. The molecule has 3 rings (SSSR count). The van der Waals surface area contributed by atoms with Crippen molar-refractivity contribution in [3.05, 3.63) is 59.7 Å². The average Bonchev–Trinajstić information content (AvgIpc) is 2.70. The minimum Gasteiger partial charge on any atom is -0.497 e. The first-order valence-corrected chi connectivity index (χ1v) is 9.46. The quantitative estimate of drug-likeness (QED) is 0.800. The van der Waals surface area contributed by atoms with Crippen molar-refractivity contribution in [1.29, 1.82) is 0 Å². The number of carbonyl (C=O) groups is 1. The van der Waals surface area contributed by atoms with Crippen LogP contribution in [0.5, 0.6) is 11.5 Å². The minimum absolute atomic E-state index is 0.0607. The van der Waals surface area contributed by atoms with Gasteiger partial charge in [0.25, 0.3) is 0 Å². The van der Waals surface area contributed by atoms with E-state index in [4.69, 9.17) is 9.47 Å². The Hall–Kier alpha value is -2.53. The van der Waals surface area contributed by atoms with Gasteiger partial charge >= 0.3 is 5.97 Å². The van der Waals surface area contributed by atoms with Gasteiger partial charge in [-0.15, -0.1) is 0 Å². The maximum atomic E-state index is 11.3. The van der Waals surface area contributed by atoms with E-state index in [0.717, 1.165) is 30.2 Å². The highest BCUT2D eigenvalue weighted by Crippen LogP contribution is 2.34. The van der Waals surface area contributed by atoms with Crippen LogP contribution in [0.3, 0.4) is 0 Å². The summed E-state index contributed by atoms with van der Waals surface area (Å²) in [5.41, 5.74) is 2.31. The van der Waals surface area contributed by atoms with Crippen molar-refractivity contribution in [1.82, 2.24) is 4.90 Å². The number of benzene rings is 2. The van der Waals surface area contributed by atoms with Gasteiger partial charge in [-0.1, -0.05) is 24.3 Å². The monoisotopic (exact) mass is 369 g/mol. The van der Waals surface area contributed by atoms with E-state index in [1.54, 1.807) is 7.11 Å². The number of carboxylic acids is 1. The average molecular weight is 369 g/mol. The molecule has 1 unspecified atom stereocenters. The van der Waals surface area contributed by atoms with E-state index >= 15 is 0 Å². The third-order valence-corrected chi connectivity index (χ3v) is 5.16. The number of nitrogens with zero attached hydrogens (tertiary/aromatic N) is 1. The third kappa shape index (κ3) is 4.61. The number of carboxylic acid groups (broad SMARTS) is 1. The van der Waals surface area contributed by atoms with Crippen LogP contribution in [-0.4, -0.2) is 42.8 Å². The molecule has 1 aliphatic heterocycles. The summed E-state index contributed by atoms with van der Waals surface area (Å²) in [4.78, 5) is 13.7. The number of ether oxygens (including phenoxy) is 2. The summed E-state index contributed by atoms with van der Waals surface area (Å²) < 4.78 is 11.0. The molecule has 2 aromatic rings. The number of aliphatic carboxylic acids is 1. The Kier molecular flexibility index (Phi) is 6.35. The number of piperidine rings is 1. The Morgan fingerprint density at radius 2 is 1.81 bits per heavy atom. The van der Waals surface area contributed by atoms with Gasteiger partial charge < -0.3 is 14.6 Å². The first-order chi connectivity index (χ1) is 13.1. The van der Waals surface area contributed by atoms with E-state index in [0.29, 0.717) is 19.4 Å². The summed E-state index contributed by atoms with van der Waals surface area (Å²) in [7, 11) is 1.67. The predicted molar refractivity (Wildman–Crippen MR) is 104 cm³/mol. The van der Waals surface area contributed by atoms with Crippen LogP contribution in [-0.2, 0) is 4.79 Å². The largest absolute Gasteiger partial charge is 0.497 e. The maximum absolute atomic E-state index is 11.3. The standard InChI is InChI=1S/C22H27NO4/c1-3-27-19-9-7-16(8-10-19)21(18-5-4-6-20(15-18)26-2)23-13-11-17(12-14-23)22(24)25/h4-10,15,17,21H,3,11-14H2,1-2H3,(H,24,25). The lowest BCUT2D eigenvalue weighted by Crippen LogP contribution is -2.39. The zero-order valence-electron chi connectivity index (χ0n) is 15.9. The van der Waals surface area contributed by atoms with Gasteiger partial charge in [0.2, 0.25) is 0 Å². The fraction of sp³-hybridized carbons (Fsp3) is 0.409. The van der Waals surface area contributed by atoms with Crippen LogP contribution in [0.25, 0.3) is 0 Å². The van der Waals surface area contributed by atoms with E-state index in [2.05, 4.69) is 29.2 Å². The van der Waals surface area contributed by atoms with E-state index < -0.39 is 5.97 Å². The molecule has 2 aromatic carbocycles.